The number of carbonyl (C=O) groups excluding carboxylic acids is 2. The molecule has 7 heteroatoms. The fraction of sp³-hybridized carbons (Fsp3) is 0.444. The lowest BCUT2D eigenvalue weighted by atomic mass is 9.99. The third kappa shape index (κ3) is 6.03. The molecule has 0 aliphatic carbocycles. The van der Waals surface area contributed by atoms with Crippen molar-refractivity contribution in [3.05, 3.63) is 70.8 Å². The average Bonchev–Trinajstić information content (AvgIpc) is 2.99. The second-order valence-electron chi connectivity index (χ2n) is 9.25. The molecule has 2 amide bonds. The van der Waals surface area contributed by atoms with Gasteiger partial charge in [0.05, 0.1) is 12.3 Å². The van der Waals surface area contributed by atoms with Gasteiger partial charge in [-0.3, -0.25) is 14.4 Å². The molecule has 0 unspecified atom stereocenters. The predicted molar refractivity (Wildman–Crippen MR) is 130 cm³/mol. The first-order valence-electron chi connectivity index (χ1n) is 12.2. The molecular weight excluding hydrogens is 430 g/mol. The number of carboxylic acids is 1. The summed E-state index contributed by atoms with van der Waals surface area (Å²) in [6.07, 6.45) is 3.78. The fourth-order valence-electron chi connectivity index (χ4n) is 5.06. The lowest BCUT2D eigenvalue weighted by molar-refractivity contribution is -0.142. The van der Waals surface area contributed by atoms with E-state index in [-0.39, 0.29) is 24.3 Å². The quantitative estimate of drug-likeness (QED) is 0.531. The van der Waals surface area contributed by atoms with Gasteiger partial charge in [-0.15, -0.1) is 0 Å². The molecule has 0 radical (unpaired) electrons. The van der Waals surface area contributed by atoms with Crippen molar-refractivity contribution in [1.82, 2.24) is 15.5 Å². The number of hydrogen-bond acceptors (Lipinski definition) is 4. The minimum absolute atomic E-state index is 0.118. The van der Waals surface area contributed by atoms with Crippen LogP contribution in [0.5, 0.6) is 0 Å². The maximum Gasteiger partial charge on any atom is 0.304 e. The number of aliphatic carboxylic acids is 1. The van der Waals surface area contributed by atoms with Gasteiger partial charge in [-0.1, -0.05) is 36.4 Å². The second kappa shape index (κ2) is 11.3. The van der Waals surface area contributed by atoms with Crippen molar-refractivity contribution in [3.8, 4) is 0 Å². The summed E-state index contributed by atoms with van der Waals surface area (Å²) in [5.74, 6) is -1.77. The molecule has 3 N–H and O–H groups in total. The number of likely N-dealkylation sites (tertiary alicyclic amines) is 1. The number of nitrogens with zero attached hydrogens (tertiary/aromatic N) is 1. The van der Waals surface area contributed by atoms with E-state index in [2.05, 4.69) is 22.8 Å². The number of amides is 2. The number of carboxylic acid groups (broad SMARTS) is 1. The highest BCUT2D eigenvalue weighted by Crippen LogP contribution is 2.28. The zero-order valence-corrected chi connectivity index (χ0v) is 19.5. The molecule has 1 fully saturated rings. The SMILES string of the molecule is O=C(O)C[C@@H]1C[C@@H](CNC(=O)c2ccc3c(c2)CCNCC3)N(CCCc2ccccc2)C1=O. The van der Waals surface area contributed by atoms with Crippen molar-refractivity contribution in [1.29, 1.82) is 0 Å². The number of fused-ring (bicyclic) bond motifs is 1. The Balaban J connectivity index is 1.38. The number of aryl methyl sites for hydroxylation is 1. The number of nitrogens with one attached hydrogen (secondary N) is 2. The second-order valence-corrected chi connectivity index (χ2v) is 9.25. The van der Waals surface area contributed by atoms with Gasteiger partial charge >= 0.3 is 5.97 Å². The summed E-state index contributed by atoms with van der Waals surface area (Å²) in [6, 6.07) is 15.8. The molecule has 7 nitrogen and oxygen atoms in total. The van der Waals surface area contributed by atoms with Crippen LogP contribution in [0.25, 0.3) is 0 Å². The first-order chi connectivity index (χ1) is 16.5. The molecule has 2 heterocycles. The van der Waals surface area contributed by atoms with E-state index in [0.717, 1.165) is 38.8 Å². The summed E-state index contributed by atoms with van der Waals surface area (Å²) in [5.41, 5.74) is 4.32. The summed E-state index contributed by atoms with van der Waals surface area (Å²) in [4.78, 5) is 38.9. The van der Waals surface area contributed by atoms with Gasteiger partial charge in [-0.05, 0) is 74.0 Å². The molecule has 4 rings (SSSR count). The minimum Gasteiger partial charge on any atom is -0.481 e. The van der Waals surface area contributed by atoms with E-state index >= 15 is 0 Å². The molecule has 1 saturated heterocycles. The van der Waals surface area contributed by atoms with Gasteiger partial charge in [0.25, 0.3) is 5.91 Å². The Morgan fingerprint density at radius 2 is 1.82 bits per heavy atom. The van der Waals surface area contributed by atoms with Crippen LogP contribution in [0, 0.1) is 5.92 Å². The molecule has 2 aromatic carbocycles. The van der Waals surface area contributed by atoms with Gasteiger partial charge < -0.3 is 20.6 Å². The van der Waals surface area contributed by atoms with Gasteiger partial charge in [0.1, 0.15) is 0 Å². The molecule has 0 aromatic heterocycles. The van der Waals surface area contributed by atoms with Crippen LogP contribution < -0.4 is 10.6 Å². The highest BCUT2D eigenvalue weighted by molar-refractivity contribution is 5.94. The Bertz CT molecular complexity index is 1020. The first-order valence-corrected chi connectivity index (χ1v) is 12.2. The summed E-state index contributed by atoms with van der Waals surface area (Å²) in [7, 11) is 0. The molecule has 34 heavy (non-hydrogen) atoms. The van der Waals surface area contributed by atoms with Crippen LogP contribution in [0.3, 0.4) is 0 Å². The van der Waals surface area contributed by atoms with E-state index in [0.29, 0.717) is 25.1 Å². The van der Waals surface area contributed by atoms with Crippen LogP contribution in [0.4, 0.5) is 0 Å². The minimum atomic E-state index is -0.966. The lowest BCUT2D eigenvalue weighted by Gasteiger charge is -2.25. The van der Waals surface area contributed by atoms with E-state index in [1.807, 2.05) is 36.4 Å². The molecule has 0 saturated carbocycles. The van der Waals surface area contributed by atoms with Crippen LogP contribution in [0.1, 0.15) is 46.3 Å². The largest absolute Gasteiger partial charge is 0.481 e. The van der Waals surface area contributed by atoms with Crippen LogP contribution in [-0.2, 0) is 28.9 Å². The van der Waals surface area contributed by atoms with Crippen molar-refractivity contribution in [3.63, 3.8) is 0 Å². The van der Waals surface area contributed by atoms with E-state index in [9.17, 15) is 19.5 Å². The zero-order valence-electron chi connectivity index (χ0n) is 19.5. The molecule has 2 aliphatic heterocycles. The molecule has 180 valence electrons. The third-order valence-corrected chi connectivity index (χ3v) is 6.87. The molecule has 0 bridgehead atoms. The van der Waals surface area contributed by atoms with E-state index in [4.69, 9.17) is 0 Å². The third-order valence-electron chi connectivity index (χ3n) is 6.87. The van der Waals surface area contributed by atoms with Crippen LogP contribution >= 0.6 is 0 Å². The number of carbonyl (C=O) groups is 3. The fourth-order valence-corrected chi connectivity index (χ4v) is 5.06. The van der Waals surface area contributed by atoms with Gasteiger partial charge in [0, 0.05) is 24.7 Å². The van der Waals surface area contributed by atoms with E-state index in [1.165, 1.54) is 16.7 Å². The molecule has 0 spiro atoms. The maximum atomic E-state index is 12.9. The van der Waals surface area contributed by atoms with Crippen LogP contribution in [0.15, 0.2) is 48.5 Å². The smallest absolute Gasteiger partial charge is 0.304 e. The number of rotatable bonds is 9. The zero-order chi connectivity index (χ0) is 23.9. The molecular formula is C27H33N3O4. The Labute approximate surface area is 200 Å². The molecule has 2 aromatic rings. The van der Waals surface area contributed by atoms with Crippen LogP contribution in [0.2, 0.25) is 0 Å². The number of benzene rings is 2. The van der Waals surface area contributed by atoms with E-state index < -0.39 is 11.9 Å². The highest BCUT2D eigenvalue weighted by atomic mass is 16.4. The normalized spacial score (nSPS) is 20.0. The van der Waals surface area contributed by atoms with Gasteiger partial charge in [-0.2, -0.15) is 0 Å². The van der Waals surface area contributed by atoms with Gasteiger partial charge in [0.15, 0.2) is 0 Å². The van der Waals surface area contributed by atoms with Gasteiger partial charge in [-0.25, -0.2) is 0 Å². The van der Waals surface area contributed by atoms with Crippen molar-refractivity contribution in [2.24, 2.45) is 5.92 Å². The molecule has 2 atom stereocenters. The maximum absolute atomic E-state index is 12.9. The highest BCUT2D eigenvalue weighted by Gasteiger charge is 2.40. The summed E-state index contributed by atoms with van der Waals surface area (Å²) >= 11 is 0. The monoisotopic (exact) mass is 463 g/mol. The summed E-state index contributed by atoms with van der Waals surface area (Å²) in [5, 5.41) is 15.6. The Hall–Kier alpha value is -3.19. The van der Waals surface area contributed by atoms with Crippen molar-refractivity contribution >= 4 is 17.8 Å². The Morgan fingerprint density at radius 3 is 2.59 bits per heavy atom. The molecule has 2 aliphatic rings. The Morgan fingerprint density at radius 1 is 1.06 bits per heavy atom. The van der Waals surface area contributed by atoms with Crippen molar-refractivity contribution < 1.29 is 19.5 Å². The first kappa shape index (κ1) is 24.0. The van der Waals surface area contributed by atoms with Crippen molar-refractivity contribution in [2.75, 3.05) is 26.2 Å². The lowest BCUT2D eigenvalue weighted by Crippen LogP contribution is -2.42. The standard InChI is InChI=1S/C27H33N3O4/c31-25(32)17-23-16-24(30(27(23)34)14-4-7-19-5-2-1-3-6-19)18-29-26(33)22-9-8-20-10-12-28-13-11-21(20)15-22/h1-3,5-6,8-9,15,23-24,28H,4,7,10-14,16-18H2,(H,29,33)(H,31,32)/t23-,24-/m0/s1. The van der Waals surface area contributed by atoms with Crippen molar-refractivity contribution in [2.45, 2.75) is 44.6 Å². The summed E-state index contributed by atoms with van der Waals surface area (Å²) in [6.45, 7) is 2.73. The van der Waals surface area contributed by atoms with Gasteiger partial charge in [0.2, 0.25) is 5.91 Å². The number of hydrogen-bond donors (Lipinski definition) is 3. The Kier molecular flexibility index (Phi) is 7.95. The predicted octanol–water partition coefficient (Wildman–Crippen LogP) is 2.43. The average molecular weight is 464 g/mol. The topological polar surface area (TPSA) is 98.7 Å². The summed E-state index contributed by atoms with van der Waals surface area (Å²) < 4.78 is 0. The van der Waals surface area contributed by atoms with Crippen LogP contribution in [-0.4, -0.2) is 60.0 Å². The van der Waals surface area contributed by atoms with E-state index in [1.54, 1.807) is 4.90 Å².